The molecule has 0 fully saturated rings. The van der Waals surface area contributed by atoms with Gasteiger partial charge in [0.1, 0.15) is 5.69 Å². The number of halogens is 5. The second kappa shape index (κ2) is 6.02. The smallest absolute Gasteiger partial charge is 0.434 e. The lowest BCUT2D eigenvalue weighted by Crippen LogP contribution is -2.20. The van der Waals surface area contributed by atoms with E-state index in [2.05, 4.69) is 4.98 Å². The minimum atomic E-state index is -5.13. The number of hydrogen-bond acceptors (Lipinski definition) is 3. The SMILES string of the molecule is Cc1c(SC(C)(C)C)c(C(F)F)nc(C(F)(F)F)c1C(=O)O. The van der Waals surface area contributed by atoms with Crippen molar-refractivity contribution in [3.8, 4) is 0 Å². The zero-order valence-corrected chi connectivity index (χ0v) is 13.0. The van der Waals surface area contributed by atoms with Crippen molar-refractivity contribution in [3.63, 3.8) is 0 Å². The maximum Gasteiger partial charge on any atom is 0.434 e. The van der Waals surface area contributed by atoms with Crippen LogP contribution in [0.4, 0.5) is 22.0 Å². The maximum absolute atomic E-state index is 13.1. The molecule has 0 spiro atoms. The standard InChI is InChI=1S/C13H14F5NO2S/c1-5-6(11(20)21)9(13(16,17)18)19-7(10(14)15)8(5)22-12(2,3)4/h10H,1-4H3,(H,20,21). The quantitative estimate of drug-likeness (QED) is 0.624. The summed E-state index contributed by atoms with van der Waals surface area (Å²) in [5, 5.41) is 9.03. The Hall–Kier alpha value is -1.38. The van der Waals surface area contributed by atoms with Crippen molar-refractivity contribution in [1.29, 1.82) is 0 Å². The third kappa shape index (κ3) is 4.08. The first kappa shape index (κ1) is 18.7. The number of nitrogens with zero attached hydrogens (tertiary/aromatic N) is 1. The highest BCUT2D eigenvalue weighted by atomic mass is 32.2. The summed E-state index contributed by atoms with van der Waals surface area (Å²) in [5.74, 6) is -1.85. The van der Waals surface area contributed by atoms with Gasteiger partial charge < -0.3 is 5.11 Å². The summed E-state index contributed by atoms with van der Waals surface area (Å²) in [5.41, 5.74) is -4.30. The van der Waals surface area contributed by atoms with E-state index in [1.54, 1.807) is 20.8 Å². The lowest BCUT2D eigenvalue weighted by molar-refractivity contribution is -0.142. The van der Waals surface area contributed by atoms with Crippen LogP contribution >= 0.6 is 11.8 Å². The summed E-state index contributed by atoms with van der Waals surface area (Å²) < 4.78 is 64.4. The number of carboxylic acid groups (broad SMARTS) is 1. The van der Waals surface area contributed by atoms with E-state index in [0.717, 1.165) is 18.7 Å². The maximum atomic E-state index is 13.1. The second-order valence-electron chi connectivity index (χ2n) is 5.49. The number of carboxylic acids is 1. The Labute approximate surface area is 127 Å². The summed E-state index contributed by atoms with van der Waals surface area (Å²) in [6, 6.07) is 0. The number of alkyl halides is 5. The van der Waals surface area contributed by atoms with Gasteiger partial charge >= 0.3 is 12.1 Å². The van der Waals surface area contributed by atoms with Crippen molar-refractivity contribution >= 4 is 17.7 Å². The van der Waals surface area contributed by atoms with Gasteiger partial charge in [-0.3, -0.25) is 0 Å². The third-order valence-corrected chi connectivity index (χ3v) is 3.85. The van der Waals surface area contributed by atoms with E-state index in [4.69, 9.17) is 5.11 Å². The van der Waals surface area contributed by atoms with Gasteiger partial charge in [-0.25, -0.2) is 18.6 Å². The van der Waals surface area contributed by atoms with Crippen LogP contribution in [0, 0.1) is 6.92 Å². The fourth-order valence-electron chi connectivity index (χ4n) is 1.76. The molecule has 9 heteroatoms. The molecular formula is C13H14F5NO2S. The zero-order valence-electron chi connectivity index (χ0n) is 12.2. The molecule has 0 aliphatic heterocycles. The topological polar surface area (TPSA) is 50.2 Å². The van der Waals surface area contributed by atoms with Crippen LogP contribution in [0.2, 0.25) is 0 Å². The predicted molar refractivity (Wildman–Crippen MR) is 71.5 cm³/mol. The lowest BCUT2D eigenvalue weighted by Gasteiger charge is -2.23. The fraction of sp³-hybridized carbons (Fsp3) is 0.538. The average molecular weight is 343 g/mol. The number of rotatable bonds is 3. The molecule has 0 saturated heterocycles. The number of carbonyl (C=O) groups is 1. The van der Waals surface area contributed by atoms with E-state index in [1.165, 1.54) is 0 Å². The summed E-state index contributed by atoms with van der Waals surface area (Å²) in [6.07, 6.45) is -8.37. The molecule has 0 unspecified atom stereocenters. The number of aromatic carboxylic acids is 1. The molecule has 0 aliphatic rings. The highest BCUT2D eigenvalue weighted by Gasteiger charge is 2.41. The van der Waals surface area contributed by atoms with E-state index in [0.29, 0.717) is 0 Å². The Morgan fingerprint density at radius 1 is 1.23 bits per heavy atom. The number of thioether (sulfide) groups is 1. The predicted octanol–water partition coefficient (Wildman–Crippen LogP) is 4.94. The summed E-state index contributed by atoms with van der Waals surface area (Å²) in [6.45, 7) is 6.10. The van der Waals surface area contributed by atoms with Gasteiger partial charge in [0.15, 0.2) is 5.69 Å². The highest BCUT2D eigenvalue weighted by molar-refractivity contribution is 8.00. The molecule has 0 saturated carbocycles. The lowest BCUT2D eigenvalue weighted by atomic mass is 10.1. The molecule has 1 rings (SSSR count). The van der Waals surface area contributed by atoms with Crippen molar-refractivity contribution in [1.82, 2.24) is 4.98 Å². The molecule has 0 amide bonds. The number of aromatic nitrogens is 1. The van der Waals surface area contributed by atoms with Crippen LogP contribution in [0.1, 0.15) is 54.5 Å². The normalized spacial score (nSPS) is 12.8. The van der Waals surface area contributed by atoms with Crippen LogP contribution in [0.5, 0.6) is 0 Å². The highest BCUT2D eigenvalue weighted by Crippen LogP contribution is 2.43. The minimum absolute atomic E-state index is 0.229. The first-order valence-corrected chi connectivity index (χ1v) is 6.89. The number of hydrogen-bond donors (Lipinski definition) is 1. The molecule has 0 aromatic carbocycles. The summed E-state index contributed by atoms with van der Waals surface area (Å²) in [7, 11) is 0. The largest absolute Gasteiger partial charge is 0.478 e. The van der Waals surface area contributed by atoms with Crippen molar-refractivity contribution in [3.05, 3.63) is 22.5 Å². The fourth-order valence-corrected chi connectivity index (χ4v) is 2.87. The van der Waals surface area contributed by atoms with Crippen molar-refractivity contribution in [2.45, 2.75) is 49.9 Å². The molecule has 0 bridgehead atoms. The minimum Gasteiger partial charge on any atom is -0.478 e. The average Bonchev–Trinajstić information content (AvgIpc) is 2.26. The van der Waals surface area contributed by atoms with Gasteiger partial charge in [-0.1, -0.05) is 20.8 Å². The molecule has 1 aromatic heterocycles. The second-order valence-corrected chi connectivity index (χ2v) is 7.33. The molecule has 1 N–H and O–H groups in total. The molecule has 22 heavy (non-hydrogen) atoms. The van der Waals surface area contributed by atoms with Gasteiger partial charge in [0.2, 0.25) is 0 Å². The Morgan fingerprint density at radius 3 is 2.05 bits per heavy atom. The molecule has 0 atom stereocenters. The number of pyridine rings is 1. The van der Waals surface area contributed by atoms with Crippen LogP contribution in [0.3, 0.4) is 0 Å². The monoisotopic (exact) mass is 343 g/mol. The van der Waals surface area contributed by atoms with Crippen LogP contribution < -0.4 is 0 Å². The molecule has 0 radical (unpaired) electrons. The van der Waals surface area contributed by atoms with Crippen LogP contribution in [-0.2, 0) is 6.18 Å². The molecule has 3 nitrogen and oxygen atoms in total. The van der Waals surface area contributed by atoms with Crippen LogP contribution in [-0.4, -0.2) is 20.8 Å². The van der Waals surface area contributed by atoms with Gasteiger partial charge in [-0.2, -0.15) is 13.2 Å². The summed E-state index contributed by atoms with van der Waals surface area (Å²) in [4.78, 5) is 13.9. The van der Waals surface area contributed by atoms with Crippen molar-refractivity contribution in [2.24, 2.45) is 0 Å². The van der Waals surface area contributed by atoms with Gasteiger partial charge in [0.05, 0.1) is 5.56 Å². The van der Waals surface area contributed by atoms with E-state index < -0.39 is 40.3 Å². The van der Waals surface area contributed by atoms with Crippen molar-refractivity contribution < 1.29 is 31.9 Å². The van der Waals surface area contributed by atoms with Crippen LogP contribution in [0.15, 0.2) is 4.90 Å². The van der Waals surface area contributed by atoms with E-state index in [1.807, 2.05) is 0 Å². The Balaban J connectivity index is 3.78. The van der Waals surface area contributed by atoms with Crippen LogP contribution in [0.25, 0.3) is 0 Å². The summed E-state index contributed by atoms with van der Waals surface area (Å²) >= 11 is 0.860. The third-order valence-electron chi connectivity index (χ3n) is 2.51. The first-order chi connectivity index (χ1) is 9.75. The molecule has 1 aromatic rings. The van der Waals surface area contributed by atoms with Gasteiger partial charge in [-0.05, 0) is 12.5 Å². The Morgan fingerprint density at radius 2 is 1.73 bits per heavy atom. The van der Waals surface area contributed by atoms with Crippen molar-refractivity contribution in [2.75, 3.05) is 0 Å². The molecule has 0 aliphatic carbocycles. The first-order valence-electron chi connectivity index (χ1n) is 6.08. The van der Waals surface area contributed by atoms with Gasteiger partial charge in [-0.15, -0.1) is 11.8 Å². The molecule has 124 valence electrons. The van der Waals surface area contributed by atoms with E-state index >= 15 is 0 Å². The van der Waals surface area contributed by atoms with Gasteiger partial charge in [0.25, 0.3) is 6.43 Å². The molecular weight excluding hydrogens is 329 g/mol. The van der Waals surface area contributed by atoms with Gasteiger partial charge in [0, 0.05) is 9.64 Å². The molecule has 1 heterocycles. The zero-order chi connectivity index (χ0) is 17.5. The van der Waals surface area contributed by atoms with E-state index in [-0.39, 0.29) is 10.5 Å². The van der Waals surface area contributed by atoms with E-state index in [9.17, 15) is 26.7 Å². The Kier molecular flexibility index (Phi) is 5.11. The Bertz CT molecular complexity index is 594.